The Kier molecular flexibility index (Phi) is 11.9. The minimum atomic E-state index is -2.13. The van der Waals surface area contributed by atoms with E-state index in [1.165, 1.54) is 6.42 Å². The molecular formula is C23H35F5O2. The van der Waals surface area contributed by atoms with Crippen molar-refractivity contribution in [2.24, 2.45) is 5.92 Å². The van der Waals surface area contributed by atoms with Crippen molar-refractivity contribution in [2.45, 2.75) is 91.3 Å². The zero-order valence-electron chi connectivity index (χ0n) is 18.6. The highest BCUT2D eigenvalue weighted by Gasteiger charge is 2.36. The number of hydrogen-bond acceptors (Lipinski definition) is 2. The molecule has 0 aromatic heterocycles. The first kappa shape index (κ1) is 26.8. The van der Waals surface area contributed by atoms with E-state index < -0.39 is 40.4 Å². The molecule has 0 saturated heterocycles. The predicted octanol–water partition coefficient (Wildman–Crippen LogP) is 7.47. The summed E-state index contributed by atoms with van der Waals surface area (Å²) in [6.45, 7) is 8.33. The van der Waals surface area contributed by atoms with Gasteiger partial charge in [-0.05, 0) is 40.0 Å². The fourth-order valence-corrected chi connectivity index (χ4v) is 3.88. The second-order valence-electron chi connectivity index (χ2n) is 7.72. The zero-order chi connectivity index (χ0) is 22.7. The van der Waals surface area contributed by atoms with Gasteiger partial charge in [0.15, 0.2) is 29.1 Å². The number of benzene rings is 1. The average molecular weight is 439 g/mol. The maximum Gasteiger partial charge on any atom is 0.200 e. The Balaban J connectivity index is 2.97. The second kappa shape index (κ2) is 13.3. The Hall–Kier alpha value is -1.21. The smallest absolute Gasteiger partial charge is 0.200 e. The van der Waals surface area contributed by atoms with E-state index in [2.05, 4.69) is 6.92 Å². The molecule has 1 atom stereocenters. The van der Waals surface area contributed by atoms with E-state index in [1.54, 1.807) is 6.92 Å². The summed E-state index contributed by atoms with van der Waals surface area (Å²) in [5.74, 6) is -10.7. The van der Waals surface area contributed by atoms with Crippen molar-refractivity contribution in [3.63, 3.8) is 0 Å². The minimum Gasteiger partial charge on any atom is -0.350 e. The van der Waals surface area contributed by atoms with Gasteiger partial charge in [0, 0.05) is 24.7 Å². The van der Waals surface area contributed by atoms with Crippen LogP contribution in [0.15, 0.2) is 0 Å². The van der Waals surface area contributed by atoms with Crippen molar-refractivity contribution in [2.75, 3.05) is 13.2 Å². The van der Waals surface area contributed by atoms with Crippen LogP contribution in [0.1, 0.15) is 84.6 Å². The molecule has 0 aliphatic heterocycles. The fourth-order valence-electron chi connectivity index (χ4n) is 3.88. The molecular weight excluding hydrogens is 403 g/mol. The van der Waals surface area contributed by atoms with Gasteiger partial charge in [0.2, 0.25) is 5.82 Å². The highest BCUT2D eigenvalue weighted by molar-refractivity contribution is 5.24. The Morgan fingerprint density at radius 3 is 1.63 bits per heavy atom. The van der Waals surface area contributed by atoms with Crippen LogP contribution < -0.4 is 0 Å². The fraction of sp³-hybridized carbons (Fsp3) is 0.739. The van der Waals surface area contributed by atoms with Crippen molar-refractivity contribution in [1.29, 1.82) is 0 Å². The van der Waals surface area contributed by atoms with Gasteiger partial charge < -0.3 is 9.47 Å². The van der Waals surface area contributed by atoms with E-state index >= 15 is 0 Å². The zero-order valence-corrected chi connectivity index (χ0v) is 18.6. The number of ether oxygens (including phenoxy) is 2. The molecule has 0 amide bonds. The SMILES string of the molecule is CCCCCCCCC(CCc1c(F)c(F)c(F)c(F)c1F)C(C)(OCC)OCC. The summed E-state index contributed by atoms with van der Waals surface area (Å²) in [6, 6.07) is 0. The third-order valence-corrected chi connectivity index (χ3v) is 5.55. The molecule has 0 fully saturated rings. The lowest BCUT2D eigenvalue weighted by Crippen LogP contribution is -2.41. The van der Waals surface area contributed by atoms with E-state index in [1.807, 2.05) is 13.8 Å². The number of hydrogen-bond donors (Lipinski definition) is 0. The number of rotatable bonds is 15. The Morgan fingerprint density at radius 2 is 1.13 bits per heavy atom. The molecule has 1 rings (SSSR count). The molecule has 2 nitrogen and oxygen atoms in total. The van der Waals surface area contributed by atoms with E-state index in [0.717, 1.165) is 32.1 Å². The lowest BCUT2D eigenvalue weighted by Gasteiger charge is -2.37. The Morgan fingerprint density at radius 1 is 0.667 bits per heavy atom. The van der Waals surface area contributed by atoms with Crippen LogP contribution in [0.5, 0.6) is 0 Å². The van der Waals surface area contributed by atoms with Crippen molar-refractivity contribution in [3.8, 4) is 0 Å². The molecule has 0 heterocycles. The predicted molar refractivity (Wildman–Crippen MR) is 108 cm³/mol. The lowest BCUT2D eigenvalue weighted by atomic mass is 9.87. The van der Waals surface area contributed by atoms with Crippen LogP contribution in [-0.4, -0.2) is 19.0 Å². The van der Waals surface area contributed by atoms with E-state index in [0.29, 0.717) is 19.6 Å². The average Bonchev–Trinajstić information content (AvgIpc) is 2.71. The third-order valence-electron chi connectivity index (χ3n) is 5.55. The molecule has 0 N–H and O–H groups in total. The van der Waals surface area contributed by atoms with E-state index in [9.17, 15) is 22.0 Å². The van der Waals surface area contributed by atoms with Gasteiger partial charge in [-0.15, -0.1) is 0 Å². The highest BCUT2D eigenvalue weighted by Crippen LogP contribution is 2.34. The van der Waals surface area contributed by atoms with Gasteiger partial charge >= 0.3 is 0 Å². The molecule has 1 aromatic rings. The summed E-state index contributed by atoms with van der Waals surface area (Å²) < 4.78 is 80.2. The monoisotopic (exact) mass is 438 g/mol. The first-order chi connectivity index (χ1) is 14.2. The maximum atomic E-state index is 14.1. The summed E-state index contributed by atoms with van der Waals surface area (Å²) in [5.41, 5.74) is -0.783. The molecule has 1 aromatic carbocycles. The van der Waals surface area contributed by atoms with Gasteiger partial charge in [0.1, 0.15) is 0 Å². The summed E-state index contributed by atoms with van der Waals surface area (Å²) in [4.78, 5) is 0. The first-order valence-electron chi connectivity index (χ1n) is 11.0. The molecule has 0 bridgehead atoms. The van der Waals surface area contributed by atoms with Crippen LogP contribution in [0, 0.1) is 35.0 Å². The molecule has 174 valence electrons. The Labute approximate surface area is 177 Å². The molecule has 0 radical (unpaired) electrons. The highest BCUT2D eigenvalue weighted by atomic mass is 19.2. The molecule has 0 spiro atoms. The van der Waals surface area contributed by atoms with E-state index in [4.69, 9.17) is 9.47 Å². The second-order valence-corrected chi connectivity index (χ2v) is 7.72. The van der Waals surface area contributed by atoms with Crippen LogP contribution in [0.2, 0.25) is 0 Å². The summed E-state index contributed by atoms with van der Waals surface area (Å²) in [6.07, 6.45) is 7.03. The quantitative estimate of drug-likeness (QED) is 0.0930. The molecule has 0 aliphatic rings. The molecule has 7 heteroatoms. The molecule has 30 heavy (non-hydrogen) atoms. The van der Waals surface area contributed by atoms with E-state index in [-0.39, 0.29) is 18.8 Å². The van der Waals surface area contributed by atoms with Crippen LogP contribution in [0.4, 0.5) is 22.0 Å². The van der Waals surface area contributed by atoms with Gasteiger partial charge in [-0.25, -0.2) is 22.0 Å². The summed E-state index contributed by atoms with van der Waals surface area (Å²) >= 11 is 0. The van der Waals surface area contributed by atoms with Gasteiger partial charge in [0.05, 0.1) is 0 Å². The van der Waals surface area contributed by atoms with Gasteiger partial charge in [0.25, 0.3) is 0 Å². The minimum absolute atomic E-state index is 0.184. The van der Waals surface area contributed by atoms with Crippen LogP contribution >= 0.6 is 0 Å². The van der Waals surface area contributed by atoms with Gasteiger partial charge in [-0.2, -0.15) is 0 Å². The number of halogens is 5. The normalized spacial score (nSPS) is 13.1. The Bertz CT molecular complexity index is 616. The largest absolute Gasteiger partial charge is 0.350 e. The maximum absolute atomic E-state index is 14.1. The molecule has 1 unspecified atom stereocenters. The molecule has 0 saturated carbocycles. The summed E-state index contributed by atoms with van der Waals surface area (Å²) in [7, 11) is 0. The van der Waals surface area contributed by atoms with Crippen molar-refractivity contribution < 1.29 is 31.4 Å². The lowest BCUT2D eigenvalue weighted by molar-refractivity contribution is -0.254. The van der Waals surface area contributed by atoms with Crippen molar-refractivity contribution >= 4 is 0 Å². The van der Waals surface area contributed by atoms with Crippen molar-refractivity contribution in [1.82, 2.24) is 0 Å². The standard InChI is InChI=1S/C23H35F5O2/c1-5-8-9-10-11-12-13-16(23(4,29-6-2)30-7-3)14-15-17-18(24)20(26)22(28)21(27)19(17)25/h16H,5-15H2,1-4H3. The van der Waals surface area contributed by atoms with Gasteiger partial charge in [-0.1, -0.05) is 45.4 Å². The topological polar surface area (TPSA) is 18.5 Å². The van der Waals surface area contributed by atoms with Crippen LogP contribution in [0.3, 0.4) is 0 Å². The molecule has 0 aliphatic carbocycles. The summed E-state index contributed by atoms with van der Waals surface area (Å²) in [5, 5.41) is 0. The first-order valence-corrected chi connectivity index (χ1v) is 11.0. The number of unbranched alkanes of at least 4 members (excludes halogenated alkanes) is 5. The van der Waals surface area contributed by atoms with Crippen LogP contribution in [0.25, 0.3) is 0 Å². The van der Waals surface area contributed by atoms with Crippen molar-refractivity contribution in [3.05, 3.63) is 34.6 Å². The van der Waals surface area contributed by atoms with Gasteiger partial charge in [-0.3, -0.25) is 0 Å². The third kappa shape index (κ3) is 7.19. The van der Waals surface area contributed by atoms with Crippen LogP contribution in [-0.2, 0) is 15.9 Å².